The van der Waals surface area contributed by atoms with Gasteiger partial charge in [0, 0.05) is 12.7 Å². The monoisotopic (exact) mass is 217 g/mol. The molecular formula is C14H19NO. The van der Waals surface area contributed by atoms with Crippen molar-refractivity contribution in [2.24, 2.45) is 5.41 Å². The molecule has 86 valence electrons. The topological polar surface area (TPSA) is 20.3 Å². The first-order chi connectivity index (χ1) is 7.40. The van der Waals surface area contributed by atoms with Gasteiger partial charge in [-0.2, -0.15) is 0 Å². The summed E-state index contributed by atoms with van der Waals surface area (Å²) in [6.45, 7) is 6.21. The summed E-state index contributed by atoms with van der Waals surface area (Å²) in [6, 6.07) is 9.62. The lowest BCUT2D eigenvalue weighted by atomic mass is 9.96. The standard InChI is InChI=1S/C14H19NO/c1-14(2,3)11-10-13(16)15(4)12-8-6-5-7-9-12/h5-11H,1-4H3/b11-10+. The van der Waals surface area contributed by atoms with E-state index in [1.165, 1.54) is 0 Å². The first-order valence-electron chi connectivity index (χ1n) is 5.42. The molecule has 0 unspecified atom stereocenters. The summed E-state index contributed by atoms with van der Waals surface area (Å²) in [7, 11) is 1.78. The van der Waals surface area contributed by atoms with Gasteiger partial charge in [0.25, 0.3) is 0 Å². The normalized spacial score (nSPS) is 11.8. The van der Waals surface area contributed by atoms with E-state index in [4.69, 9.17) is 0 Å². The van der Waals surface area contributed by atoms with Crippen LogP contribution in [0.2, 0.25) is 0 Å². The number of nitrogens with zero attached hydrogens (tertiary/aromatic N) is 1. The third-order valence-corrected chi connectivity index (χ3v) is 2.20. The molecule has 0 aliphatic rings. The molecule has 1 aromatic carbocycles. The van der Waals surface area contributed by atoms with E-state index < -0.39 is 0 Å². The van der Waals surface area contributed by atoms with Crippen LogP contribution in [-0.2, 0) is 4.79 Å². The molecule has 0 saturated carbocycles. The van der Waals surface area contributed by atoms with Crippen LogP contribution in [0.3, 0.4) is 0 Å². The number of allylic oxidation sites excluding steroid dienone is 1. The van der Waals surface area contributed by atoms with E-state index >= 15 is 0 Å². The van der Waals surface area contributed by atoms with Gasteiger partial charge >= 0.3 is 0 Å². The van der Waals surface area contributed by atoms with Gasteiger partial charge in [0.2, 0.25) is 5.91 Å². The number of hydrogen-bond donors (Lipinski definition) is 0. The van der Waals surface area contributed by atoms with Gasteiger partial charge in [-0.3, -0.25) is 4.79 Å². The Kier molecular flexibility index (Phi) is 3.88. The third kappa shape index (κ3) is 3.89. The van der Waals surface area contributed by atoms with Gasteiger partial charge in [-0.1, -0.05) is 45.0 Å². The fraction of sp³-hybridized carbons (Fsp3) is 0.357. The summed E-state index contributed by atoms with van der Waals surface area (Å²) in [6.07, 6.45) is 3.56. The SMILES string of the molecule is CN(C(=O)/C=C/C(C)(C)C)c1ccccc1. The summed E-state index contributed by atoms with van der Waals surface area (Å²) in [5, 5.41) is 0. The highest BCUT2D eigenvalue weighted by Gasteiger charge is 2.09. The zero-order chi connectivity index (χ0) is 12.2. The van der Waals surface area contributed by atoms with Gasteiger partial charge in [-0.05, 0) is 23.6 Å². The first kappa shape index (κ1) is 12.5. The van der Waals surface area contributed by atoms with Crippen molar-refractivity contribution >= 4 is 11.6 Å². The van der Waals surface area contributed by atoms with Gasteiger partial charge in [0.05, 0.1) is 0 Å². The minimum atomic E-state index is 0.00104. The summed E-state index contributed by atoms with van der Waals surface area (Å²) < 4.78 is 0. The van der Waals surface area contributed by atoms with E-state index in [1.54, 1.807) is 18.0 Å². The molecule has 0 saturated heterocycles. The molecule has 0 heterocycles. The van der Waals surface area contributed by atoms with Crippen molar-refractivity contribution in [3.05, 3.63) is 42.5 Å². The summed E-state index contributed by atoms with van der Waals surface area (Å²) in [5.41, 5.74) is 0.943. The molecule has 2 nitrogen and oxygen atoms in total. The molecule has 0 aliphatic heterocycles. The van der Waals surface area contributed by atoms with E-state index in [9.17, 15) is 4.79 Å². The predicted octanol–water partition coefficient (Wildman–Crippen LogP) is 3.25. The Bertz CT molecular complexity index is 373. The molecule has 0 spiro atoms. The summed E-state index contributed by atoms with van der Waals surface area (Å²) in [5.74, 6) is 0.00104. The molecule has 2 heteroatoms. The number of benzene rings is 1. The number of carbonyl (C=O) groups is 1. The van der Waals surface area contributed by atoms with E-state index in [-0.39, 0.29) is 11.3 Å². The molecule has 1 rings (SSSR count). The number of amides is 1. The van der Waals surface area contributed by atoms with Crippen molar-refractivity contribution in [3.8, 4) is 0 Å². The molecule has 1 aromatic rings. The van der Waals surface area contributed by atoms with E-state index in [0.717, 1.165) is 5.69 Å². The van der Waals surface area contributed by atoms with E-state index in [1.807, 2.05) is 36.4 Å². The highest BCUT2D eigenvalue weighted by molar-refractivity contribution is 6.00. The fourth-order valence-electron chi connectivity index (χ4n) is 1.21. The van der Waals surface area contributed by atoms with Crippen LogP contribution >= 0.6 is 0 Å². The Hall–Kier alpha value is -1.57. The molecule has 0 aromatic heterocycles. The average molecular weight is 217 g/mol. The smallest absolute Gasteiger partial charge is 0.250 e. The molecule has 0 aliphatic carbocycles. The van der Waals surface area contributed by atoms with Gasteiger partial charge in [-0.15, -0.1) is 0 Å². The average Bonchev–Trinajstić information content (AvgIpc) is 2.25. The van der Waals surface area contributed by atoms with E-state index in [2.05, 4.69) is 20.8 Å². The second kappa shape index (κ2) is 4.97. The number of carbonyl (C=O) groups excluding carboxylic acids is 1. The molecule has 16 heavy (non-hydrogen) atoms. The van der Waals surface area contributed by atoms with Crippen LogP contribution in [0.1, 0.15) is 20.8 Å². The van der Waals surface area contributed by atoms with Crippen LogP contribution in [-0.4, -0.2) is 13.0 Å². The summed E-state index contributed by atoms with van der Waals surface area (Å²) in [4.78, 5) is 13.5. The zero-order valence-corrected chi connectivity index (χ0v) is 10.4. The van der Waals surface area contributed by atoms with Gasteiger partial charge in [-0.25, -0.2) is 0 Å². The Morgan fingerprint density at radius 3 is 2.25 bits per heavy atom. The van der Waals surface area contributed by atoms with Crippen LogP contribution in [0.5, 0.6) is 0 Å². The molecule has 0 fully saturated rings. The van der Waals surface area contributed by atoms with E-state index in [0.29, 0.717) is 0 Å². The zero-order valence-electron chi connectivity index (χ0n) is 10.4. The van der Waals surface area contributed by atoms with Crippen molar-refractivity contribution in [3.63, 3.8) is 0 Å². The maximum absolute atomic E-state index is 11.8. The minimum absolute atomic E-state index is 0.00104. The lowest BCUT2D eigenvalue weighted by Gasteiger charge is -2.16. The second-order valence-electron chi connectivity index (χ2n) is 4.93. The van der Waals surface area contributed by atoms with Gasteiger partial charge in [0.1, 0.15) is 0 Å². The predicted molar refractivity (Wildman–Crippen MR) is 68.4 cm³/mol. The highest BCUT2D eigenvalue weighted by Crippen LogP contribution is 2.16. The van der Waals surface area contributed by atoms with Crippen molar-refractivity contribution < 1.29 is 4.79 Å². The second-order valence-corrected chi connectivity index (χ2v) is 4.93. The van der Waals surface area contributed by atoms with Crippen molar-refractivity contribution in [1.82, 2.24) is 0 Å². The molecule has 0 N–H and O–H groups in total. The number of para-hydroxylation sites is 1. The van der Waals surface area contributed by atoms with Crippen LogP contribution in [0.15, 0.2) is 42.5 Å². The maximum Gasteiger partial charge on any atom is 0.250 e. The van der Waals surface area contributed by atoms with Crippen LogP contribution < -0.4 is 4.90 Å². The van der Waals surface area contributed by atoms with Gasteiger partial charge in [0.15, 0.2) is 0 Å². The van der Waals surface area contributed by atoms with Crippen molar-refractivity contribution in [1.29, 1.82) is 0 Å². The number of rotatable bonds is 2. The Morgan fingerprint density at radius 1 is 1.19 bits per heavy atom. The Morgan fingerprint density at radius 2 is 1.75 bits per heavy atom. The largest absolute Gasteiger partial charge is 0.312 e. The quantitative estimate of drug-likeness (QED) is 0.696. The van der Waals surface area contributed by atoms with Gasteiger partial charge < -0.3 is 4.90 Å². The van der Waals surface area contributed by atoms with Crippen molar-refractivity contribution in [2.45, 2.75) is 20.8 Å². The molecular weight excluding hydrogens is 198 g/mol. The van der Waals surface area contributed by atoms with Crippen LogP contribution in [0.25, 0.3) is 0 Å². The Labute approximate surface area is 97.6 Å². The highest BCUT2D eigenvalue weighted by atomic mass is 16.2. The van der Waals surface area contributed by atoms with Crippen LogP contribution in [0, 0.1) is 5.41 Å². The lowest BCUT2D eigenvalue weighted by Crippen LogP contribution is -2.24. The number of hydrogen-bond acceptors (Lipinski definition) is 1. The maximum atomic E-state index is 11.8. The number of anilines is 1. The third-order valence-electron chi connectivity index (χ3n) is 2.20. The minimum Gasteiger partial charge on any atom is -0.312 e. The summed E-state index contributed by atoms with van der Waals surface area (Å²) >= 11 is 0. The Balaban J connectivity index is 2.73. The lowest BCUT2D eigenvalue weighted by molar-refractivity contribution is -0.113. The number of likely N-dealkylation sites (N-methyl/N-ethyl adjacent to an activating group) is 1. The molecule has 1 amide bonds. The fourth-order valence-corrected chi connectivity index (χ4v) is 1.21. The van der Waals surface area contributed by atoms with Crippen molar-refractivity contribution in [2.75, 3.05) is 11.9 Å². The molecule has 0 atom stereocenters. The molecule has 0 radical (unpaired) electrons. The molecule has 0 bridgehead atoms. The van der Waals surface area contributed by atoms with Crippen LogP contribution in [0.4, 0.5) is 5.69 Å². The first-order valence-corrected chi connectivity index (χ1v) is 5.42.